The summed E-state index contributed by atoms with van der Waals surface area (Å²) in [6, 6.07) is -0.266. The fourth-order valence-electron chi connectivity index (χ4n) is 2.47. The van der Waals surface area contributed by atoms with Gasteiger partial charge in [-0.05, 0) is 31.6 Å². The number of carbonyl (C=O) groups excluding carboxylic acids is 1. The Labute approximate surface area is 84.0 Å². The number of hydrogen-bond donors (Lipinski definition) is 2. The maximum atomic E-state index is 11.1. The van der Waals surface area contributed by atoms with Crippen molar-refractivity contribution in [3.63, 3.8) is 0 Å². The molecule has 78 valence electrons. The van der Waals surface area contributed by atoms with E-state index in [1.807, 2.05) is 0 Å². The Bertz CT molecular complexity index is 277. The van der Waals surface area contributed by atoms with Crippen molar-refractivity contribution >= 4 is 11.9 Å². The van der Waals surface area contributed by atoms with E-state index in [-0.39, 0.29) is 11.6 Å². The largest absolute Gasteiger partial charge is 0.385 e. The van der Waals surface area contributed by atoms with Crippen LogP contribution >= 0.6 is 0 Å². The summed E-state index contributed by atoms with van der Waals surface area (Å²) in [4.78, 5) is 14.9. The van der Waals surface area contributed by atoms with Crippen molar-refractivity contribution < 1.29 is 4.79 Å². The van der Waals surface area contributed by atoms with Gasteiger partial charge in [0.2, 0.25) is 0 Å². The monoisotopic (exact) mass is 195 g/mol. The molecule has 4 nitrogen and oxygen atoms in total. The van der Waals surface area contributed by atoms with Gasteiger partial charge < -0.3 is 11.1 Å². The van der Waals surface area contributed by atoms with Crippen LogP contribution in [0.2, 0.25) is 0 Å². The number of amides is 2. The lowest BCUT2D eigenvalue weighted by Crippen LogP contribution is -2.53. The van der Waals surface area contributed by atoms with Crippen molar-refractivity contribution in [3.8, 4) is 0 Å². The maximum absolute atomic E-state index is 11.1. The molecular weight excluding hydrogens is 178 g/mol. The highest BCUT2D eigenvalue weighted by Gasteiger charge is 2.43. The van der Waals surface area contributed by atoms with E-state index >= 15 is 0 Å². The third-order valence-electron chi connectivity index (χ3n) is 3.59. The molecule has 0 atom stereocenters. The number of urea groups is 1. The average molecular weight is 195 g/mol. The number of amidine groups is 1. The van der Waals surface area contributed by atoms with Gasteiger partial charge in [-0.25, -0.2) is 4.79 Å². The Morgan fingerprint density at radius 3 is 2.64 bits per heavy atom. The molecule has 4 heteroatoms. The number of aliphatic imine (C=N–C) groups is 1. The average Bonchev–Trinajstić information content (AvgIpc) is 2.43. The maximum Gasteiger partial charge on any atom is 0.343 e. The zero-order valence-electron chi connectivity index (χ0n) is 8.55. The fraction of sp³-hybridized carbons (Fsp3) is 0.800. The molecule has 2 rings (SSSR count). The number of hydrogen-bond acceptors (Lipinski definition) is 2. The second-order valence-corrected chi connectivity index (χ2v) is 4.36. The van der Waals surface area contributed by atoms with E-state index in [2.05, 4.69) is 17.2 Å². The minimum atomic E-state index is -0.289. The molecule has 1 heterocycles. The van der Waals surface area contributed by atoms with E-state index in [9.17, 15) is 4.79 Å². The molecular formula is C10H17N3O. The summed E-state index contributed by atoms with van der Waals surface area (Å²) >= 11 is 0. The number of rotatable bonds is 1. The van der Waals surface area contributed by atoms with Crippen LogP contribution < -0.4 is 11.1 Å². The molecule has 0 bridgehead atoms. The van der Waals surface area contributed by atoms with Crippen LogP contribution in [0.1, 0.15) is 39.0 Å². The lowest BCUT2D eigenvalue weighted by atomic mass is 9.75. The molecule has 1 saturated carbocycles. The van der Waals surface area contributed by atoms with E-state index in [0.717, 1.165) is 31.6 Å². The normalized spacial score (nSPS) is 37.1. The Morgan fingerprint density at radius 1 is 1.57 bits per heavy atom. The van der Waals surface area contributed by atoms with Crippen LogP contribution in [0.15, 0.2) is 4.99 Å². The molecule has 3 N–H and O–H groups in total. The summed E-state index contributed by atoms with van der Waals surface area (Å²) in [5, 5.41) is 2.90. The van der Waals surface area contributed by atoms with E-state index in [0.29, 0.717) is 5.84 Å². The first kappa shape index (κ1) is 9.49. The first-order valence-corrected chi connectivity index (χ1v) is 5.33. The van der Waals surface area contributed by atoms with Crippen molar-refractivity contribution in [3.05, 3.63) is 0 Å². The van der Waals surface area contributed by atoms with Crippen LogP contribution in [-0.2, 0) is 0 Å². The highest BCUT2D eigenvalue weighted by Crippen LogP contribution is 2.35. The van der Waals surface area contributed by atoms with E-state index in [1.54, 1.807) is 0 Å². The van der Waals surface area contributed by atoms with Gasteiger partial charge in [-0.1, -0.05) is 13.3 Å². The van der Waals surface area contributed by atoms with E-state index < -0.39 is 0 Å². The first-order chi connectivity index (χ1) is 6.66. The predicted octanol–water partition coefficient (Wildman–Crippen LogP) is 1.41. The number of nitrogens with two attached hydrogens (primary N) is 1. The van der Waals surface area contributed by atoms with Gasteiger partial charge in [0, 0.05) is 0 Å². The second kappa shape index (κ2) is 3.26. The van der Waals surface area contributed by atoms with Crippen LogP contribution in [0.5, 0.6) is 0 Å². The molecule has 1 fully saturated rings. The summed E-state index contributed by atoms with van der Waals surface area (Å²) in [6.45, 7) is 2.22. The Balaban J connectivity index is 2.07. The van der Waals surface area contributed by atoms with Crippen molar-refractivity contribution in [2.45, 2.75) is 44.6 Å². The van der Waals surface area contributed by atoms with Gasteiger partial charge >= 0.3 is 6.03 Å². The Kier molecular flexibility index (Phi) is 2.21. The van der Waals surface area contributed by atoms with Crippen LogP contribution in [0.25, 0.3) is 0 Å². The lowest BCUT2D eigenvalue weighted by Gasteiger charge is -2.36. The lowest BCUT2D eigenvalue weighted by molar-refractivity contribution is 0.227. The zero-order chi connectivity index (χ0) is 10.2. The number of nitrogens with zero attached hydrogens (tertiary/aromatic N) is 1. The summed E-state index contributed by atoms with van der Waals surface area (Å²) in [5.74, 6) is 1.29. The van der Waals surface area contributed by atoms with Crippen molar-refractivity contribution in [1.29, 1.82) is 0 Å². The predicted molar refractivity (Wildman–Crippen MR) is 55.1 cm³/mol. The van der Waals surface area contributed by atoms with Crippen LogP contribution in [0, 0.1) is 5.92 Å². The third kappa shape index (κ3) is 1.38. The molecule has 2 aliphatic rings. The highest BCUT2D eigenvalue weighted by molar-refractivity contribution is 6.05. The quantitative estimate of drug-likeness (QED) is 0.664. The zero-order valence-corrected chi connectivity index (χ0v) is 8.55. The molecule has 14 heavy (non-hydrogen) atoms. The summed E-state index contributed by atoms with van der Waals surface area (Å²) in [7, 11) is 0. The Morgan fingerprint density at radius 2 is 2.21 bits per heavy atom. The molecule has 2 amide bonds. The minimum Gasteiger partial charge on any atom is -0.385 e. The summed E-state index contributed by atoms with van der Waals surface area (Å²) in [5.41, 5.74) is 5.50. The van der Waals surface area contributed by atoms with Crippen LogP contribution in [-0.4, -0.2) is 17.4 Å². The van der Waals surface area contributed by atoms with Gasteiger partial charge in [0.25, 0.3) is 0 Å². The van der Waals surface area contributed by atoms with Gasteiger partial charge in [0.15, 0.2) is 0 Å². The minimum absolute atomic E-state index is 0.266. The topological polar surface area (TPSA) is 67.5 Å². The third-order valence-corrected chi connectivity index (χ3v) is 3.59. The van der Waals surface area contributed by atoms with Gasteiger partial charge in [0.05, 0.1) is 5.54 Å². The molecule has 0 saturated heterocycles. The van der Waals surface area contributed by atoms with E-state index in [1.165, 1.54) is 6.42 Å². The van der Waals surface area contributed by atoms with Gasteiger partial charge in [-0.3, -0.25) is 0 Å². The fourth-order valence-corrected chi connectivity index (χ4v) is 2.47. The van der Waals surface area contributed by atoms with Crippen molar-refractivity contribution in [2.24, 2.45) is 16.6 Å². The van der Waals surface area contributed by atoms with Gasteiger partial charge in [-0.15, -0.1) is 0 Å². The summed E-state index contributed by atoms with van der Waals surface area (Å²) < 4.78 is 0. The number of nitrogens with one attached hydrogen (secondary N) is 1. The molecule has 0 aromatic rings. The molecule has 0 aromatic carbocycles. The van der Waals surface area contributed by atoms with Crippen LogP contribution in [0.3, 0.4) is 0 Å². The smallest absolute Gasteiger partial charge is 0.343 e. The molecule has 0 unspecified atom stereocenters. The van der Waals surface area contributed by atoms with Gasteiger partial charge in [0.1, 0.15) is 5.84 Å². The summed E-state index contributed by atoms with van der Waals surface area (Å²) in [6.07, 6.45) is 5.42. The standard InChI is InChI=1S/C10H17N3O/c1-2-7-3-5-10(6-4-7)8(11)12-9(14)13-10/h7H,2-6H2,1H3,(H3,11,12,13,14). The molecule has 1 aliphatic heterocycles. The Hall–Kier alpha value is -1.06. The second-order valence-electron chi connectivity index (χ2n) is 4.36. The van der Waals surface area contributed by atoms with Crippen LogP contribution in [0.4, 0.5) is 4.79 Å². The van der Waals surface area contributed by atoms with Gasteiger partial charge in [-0.2, -0.15) is 4.99 Å². The molecule has 0 aromatic heterocycles. The number of carbonyl (C=O) groups is 1. The molecule has 1 spiro atoms. The SMILES string of the molecule is CCC1CCC2(CC1)NC(=O)N=C2N. The van der Waals surface area contributed by atoms with E-state index in [4.69, 9.17) is 5.73 Å². The molecule has 1 aliphatic carbocycles. The highest BCUT2D eigenvalue weighted by atomic mass is 16.2. The first-order valence-electron chi connectivity index (χ1n) is 5.33. The van der Waals surface area contributed by atoms with Crippen molar-refractivity contribution in [2.75, 3.05) is 0 Å². The molecule has 0 radical (unpaired) electrons. The van der Waals surface area contributed by atoms with Crippen molar-refractivity contribution in [1.82, 2.24) is 5.32 Å².